The fraction of sp³-hybridized carbons (Fsp3) is 0.0400. The van der Waals surface area contributed by atoms with Crippen molar-refractivity contribution in [3.8, 4) is 33.8 Å². The summed E-state index contributed by atoms with van der Waals surface area (Å²) in [4.78, 5) is 16.7. The largest absolute Gasteiger partial charge is 0.353 e. The standard InChI is InChI=1S/C25H17FN6/c1-14-5-7-27-13-20(14)16-10-19-24(31-32-25(19)29-12-16)22-11-18-21(30-22)6-8-28-23(18)15-3-2-4-17(26)9-15/h2-13,30H,1H3,(H,29,31,32). The van der Waals surface area contributed by atoms with E-state index >= 15 is 0 Å². The van der Waals surface area contributed by atoms with E-state index in [-0.39, 0.29) is 5.82 Å². The highest BCUT2D eigenvalue weighted by Gasteiger charge is 2.16. The third kappa shape index (κ3) is 2.94. The summed E-state index contributed by atoms with van der Waals surface area (Å²) in [5.74, 6) is -0.292. The van der Waals surface area contributed by atoms with Crippen molar-refractivity contribution in [2.45, 2.75) is 6.92 Å². The van der Waals surface area contributed by atoms with Crippen LogP contribution in [-0.2, 0) is 0 Å². The number of pyridine rings is 3. The number of hydrogen-bond acceptors (Lipinski definition) is 4. The molecule has 6 rings (SSSR count). The molecule has 0 spiro atoms. The first-order chi connectivity index (χ1) is 15.7. The molecule has 0 unspecified atom stereocenters. The Labute approximate surface area is 182 Å². The van der Waals surface area contributed by atoms with Gasteiger partial charge in [-0.2, -0.15) is 5.10 Å². The molecule has 2 N–H and O–H groups in total. The maximum absolute atomic E-state index is 13.8. The lowest BCUT2D eigenvalue weighted by molar-refractivity contribution is 0.628. The van der Waals surface area contributed by atoms with Crippen molar-refractivity contribution in [1.29, 1.82) is 0 Å². The van der Waals surface area contributed by atoms with Gasteiger partial charge in [-0.25, -0.2) is 9.37 Å². The topological polar surface area (TPSA) is 83.1 Å². The summed E-state index contributed by atoms with van der Waals surface area (Å²) in [6, 6.07) is 14.4. The second-order valence-electron chi connectivity index (χ2n) is 7.70. The number of aryl methyl sites for hydroxylation is 1. The predicted molar refractivity (Wildman–Crippen MR) is 122 cm³/mol. The molecule has 6 nitrogen and oxygen atoms in total. The second kappa shape index (κ2) is 7.09. The minimum absolute atomic E-state index is 0.292. The summed E-state index contributed by atoms with van der Waals surface area (Å²) in [6.07, 6.45) is 7.17. The van der Waals surface area contributed by atoms with Crippen LogP contribution in [-0.4, -0.2) is 30.1 Å². The van der Waals surface area contributed by atoms with Gasteiger partial charge in [-0.05, 0) is 48.9 Å². The Morgan fingerprint density at radius 3 is 2.66 bits per heavy atom. The first kappa shape index (κ1) is 18.4. The van der Waals surface area contributed by atoms with Crippen molar-refractivity contribution in [3.63, 3.8) is 0 Å². The molecule has 5 aromatic heterocycles. The Morgan fingerprint density at radius 1 is 0.844 bits per heavy atom. The van der Waals surface area contributed by atoms with Gasteiger partial charge in [0.1, 0.15) is 11.5 Å². The zero-order chi connectivity index (χ0) is 21.7. The number of fused-ring (bicyclic) bond motifs is 2. The highest BCUT2D eigenvalue weighted by Crippen LogP contribution is 2.34. The normalized spacial score (nSPS) is 11.4. The van der Waals surface area contributed by atoms with Gasteiger partial charge in [-0.15, -0.1) is 0 Å². The van der Waals surface area contributed by atoms with Crippen LogP contribution in [0.5, 0.6) is 0 Å². The third-order valence-electron chi connectivity index (χ3n) is 5.67. The highest BCUT2D eigenvalue weighted by atomic mass is 19.1. The number of rotatable bonds is 3. The van der Waals surface area contributed by atoms with Crippen molar-refractivity contribution in [2.75, 3.05) is 0 Å². The first-order valence-corrected chi connectivity index (χ1v) is 10.2. The van der Waals surface area contributed by atoms with E-state index in [1.807, 2.05) is 36.7 Å². The van der Waals surface area contributed by atoms with Gasteiger partial charge in [0.05, 0.1) is 11.4 Å². The first-order valence-electron chi connectivity index (χ1n) is 10.2. The zero-order valence-corrected chi connectivity index (χ0v) is 17.1. The van der Waals surface area contributed by atoms with Gasteiger partial charge in [-0.3, -0.25) is 15.1 Å². The molecule has 0 aliphatic rings. The molecular formula is C25H17FN6. The van der Waals surface area contributed by atoms with E-state index in [0.29, 0.717) is 11.3 Å². The van der Waals surface area contributed by atoms with Gasteiger partial charge >= 0.3 is 0 Å². The molecule has 0 atom stereocenters. The summed E-state index contributed by atoms with van der Waals surface area (Å²) in [5, 5.41) is 9.34. The van der Waals surface area contributed by atoms with Gasteiger partial charge in [-0.1, -0.05) is 12.1 Å². The number of nitrogens with zero attached hydrogens (tertiary/aromatic N) is 4. The van der Waals surface area contributed by atoms with Gasteiger partial charge in [0, 0.05) is 57.8 Å². The Hall–Kier alpha value is -4.39. The molecule has 5 heterocycles. The summed E-state index contributed by atoms with van der Waals surface area (Å²) in [6.45, 7) is 2.05. The van der Waals surface area contributed by atoms with Crippen LogP contribution < -0.4 is 0 Å². The molecule has 1 aromatic carbocycles. The van der Waals surface area contributed by atoms with Crippen LogP contribution in [0.15, 0.2) is 73.3 Å². The fourth-order valence-electron chi connectivity index (χ4n) is 4.07. The van der Waals surface area contributed by atoms with E-state index in [2.05, 4.69) is 43.1 Å². The lowest BCUT2D eigenvalue weighted by Gasteiger charge is -2.04. The van der Waals surface area contributed by atoms with Crippen LogP contribution in [0.3, 0.4) is 0 Å². The van der Waals surface area contributed by atoms with Crippen LogP contribution in [0.1, 0.15) is 5.56 Å². The minimum atomic E-state index is -0.292. The molecule has 154 valence electrons. The molecule has 0 saturated carbocycles. The molecular weight excluding hydrogens is 403 g/mol. The van der Waals surface area contributed by atoms with E-state index in [0.717, 1.165) is 49.9 Å². The number of nitrogens with one attached hydrogen (secondary N) is 2. The maximum Gasteiger partial charge on any atom is 0.155 e. The minimum Gasteiger partial charge on any atom is -0.353 e. The Bertz CT molecular complexity index is 1610. The number of aromatic amines is 2. The van der Waals surface area contributed by atoms with Gasteiger partial charge in [0.2, 0.25) is 0 Å². The maximum atomic E-state index is 13.8. The molecule has 0 aliphatic heterocycles. The van der Waals surface area contributed by atoms with E-state index < -0.39 is 0 Å². The number of hydrogen-bond donors (Lipinski definition) is 2. The van der Waals surface area contributed by atoms with Crippen molar-refractivity contribution >= 4 is 21.9 Å². The van der Waals surface area contributed by atoms with Gasteiger partial charge in [0.25, 0.3) is 0 Å². The van der Waals surface area contributed by atoms with E-state index in [1.165, 1.54) is 12.1 Å². The zero-order valence-electron chi connectivity index (χ0n) is 17.1. The van der Waals surface area contributed by atoms with Gasteiger partial charge < -0.3 is 4.98 Å². The predicted octanol–water partition coefficient (Wildman–Crippen LogP) is 5.68. The van der Waals surface area contributed by atoms with Crippen LogP contribution in [0, 0.1) is 12.7 Å². The number of halogens is 1. The smallest absolute Gasteiger partial charge is 0.155 e. The Morgan fingerprint density at radius 2 is 1.78 bits per heavy atom. The van der Waals surface area contributed by atoms with Crippen molar-refractivity contribution in [2.24, 2.45) is 0 Å². The summed E-state index contributed by atoms with van der Waals surface area (Å²) in [7, 11) is 0. The summed E-state index contributed by atoms with van der Waals surface area (Å²) >= 11 is 0. The molecule has 0 amide bonds. The quantitative estimate of drug-likeness (QED) is 0.386. The Kier molecular flexibility index (Phi) is 4.07. The average molecular weight is 420 g/mol. The highest BCUT2D eigenvalue weighted by molar-refractivity contribution is 6.00. The van der Waals surface area contributed by atoms with Crippen molar-refractivity contribution < 1.29 is 4.39 Å². The van der Waals surface area contributed by atoms with Gasteiger partial charge in [0.15, 0.2) is 5.65 Å². The SMILES string of the molecule is Cc1ccncc1-c1cnc2[nH]nc(-c3cc4c(-c5cccc(F)c5)nccc4[nH]3)c2c1. The summed E-state index contributed by atoms with van der Waals surface area (Å²) < 4.78 is 13.8. The monoisotopic (exact) mass is 420 g/mol. The van der Waals surface area contributed by atoms with E-state index in [1.54, 1.807) is 18.5 Å². The number of H-pyrrole nitrogens is 2. The van der Waals surface area contributed by atoms with E-state index in [4.69, 9.17) is 0 Å². The van der Waals surface area contributed by atoms with Crippen LogP contribution in [0.25, 0.3) is 55.7 Å². The molecule has 0 aliphatic carbocycles. The molecule has 7 heteroatoms. The van der Waals surface area contributed by atoms with Crippen molar-refractivity contribution in [1.82, 2.24) is 30.1 Å². The molecule has 6 aromatic rings. The Balaban J connectivity index is 1.52. The van der Waals surface area contributed by atoms with Crippen LogP contribution in [0.2, 0.25) is 0 Å². The molecule has 0 bridgehead atoms. The molecule has 0 fully saturated rings. The average Bonchev–Trinajstić information content (AvgIpc) is 3.42. The lowest BCUT2D eigenvalue weighted by atomic mass is 10.0. The number of benzene rings is 1. The van der Waals surface area contributed by atoms with Crippen LogP contribution in [0.4, 0.5) is 4.39 Å². The summed E-state index contributed by atoms with van der Waals surface area (Å²) in [5.41, 5.74) is 7.77. The van der Waals surface area contributed by atoms with Crippen LogP contribution >= 0.6 is 0 Å². The van der Waals surface area contributed by atoms with Crippen molar-refractivity contribution in [3.05, 3.63) is 84.7 Å². The fourth-order valence-corrected chi connectivity index (χ4v) is 4.07. The molecule has 32 heavy (non-hydrogen) atoms. The second-order valence-corrected chi connectivity index (χ2v) is 7.70. The lowest BCUT2D eigenvalue weighted by Crippen LogP contribution is -1.87. The molecule has 0 radical (unpaired) electrons. The van der Waals surface area contributed by atoms with E-state index in [9.17, 15) is 4.39 Å². The third-order valence-corrected chi connectivity index (χ3v) is 5.67. The molecule has 0 saturated heterocycles. The number of aromatic nitrogens is 6.